The summed E-state index contributed by atoms with van der Waals surface area (Å²) in [6.45, 7) is 0.838. The fraction of sp³-hybridized carbons (Fsp3) is 0.316. The van der Waals surface area contributed by atoms with Crippen molar-refractivity contribution in [2.24, 2.45) is 0 Å². The van der Waals surface area contributed by atoms with Gasteiger partial charge in [-0.05, 0) is 30.3 Å². The van der Waals surface area contributed by atoms with E-state index in [4.69, 9.17) is 9.47 Å². The largest absolute Gasteiger partial charge is 0.573 e. The number of benzene rings is 2. The van der Waals surface area contributed by atoms with E-state index in [1.54, 1.807) is 18.2 Å². The fourth-order valence-electron chi connectivity index (χ4n) is 2.76. The van der Waals surface area contributed by atoms with Crippen LogP contribution in [0.25, 0.3) is 0 Å². The van der Waals surface area contributed by atoms with E-state index in [9.17, 15) is 26.4 Å². The van der Waals surface area contributed by atoms with E-state index in [0.717, 1.165) is 29.8 Å². The highest BCUT2D eigenvalue weighted by atomic mass is 32.2. The number of carbonyl (C=O) groups excluding carboxylic acids is 1. The van der Waals surface area contributed by atoms with Gasteiger partial charge in [0, 0.05) is 25.1 Å². The molecule has 12 heteroatoms. The van der Waals surface area contributed by atoms with Crippen molar-refractivity contribution < 1.29 is 40.6 Å². The summed E-state index contributed by atoms with van der Waals surface area (Å²) >= 11 is 0. The van der Waals surface area contributed by atoms with Crippen LogP contribution in [0.15, 0.2) is 47.4 Å². The smallest absolute Gasteiger partial charge is 0.486 e. The third-order valence-electron chi connectivity index (χ3n) is 4.14. The zero-order chi connectivity index (χ0) is 22.5. The lowest BCUT2D eigenvalue weighted by molar-refractivity contribution is -0.274. The predicted molar refractivity (Wildman–Crippen MR) is 102 cm³/mol. The Morgan fingerprint density at radius 3 is 2.48 bits per heavy atom. The number of amides is 1. The van der Waals surface area contributed by atoms with E-state index in [2.05, 4.69) is 14.8 Å². The van der Waals surface area contributed by atoms with E-state index < -0.39 is 28.0 Å². The summed E-state index contributed by atoms with van der Waals surface area (Å²) in [6.07, 6.45) is -5.01. The van der Waals surface area contributed by atoms with E-state index in [1.165, 1.54) is 0 Å². The van der Waals surface area contributed by atoms with Crippen LogP contribution in [0, 0.1) is 0 Å². The fourth-order valence-corrected chi connectivity index (χ4v) is 3.79. The van der Waals surface area contributed by atoms with Gasteiger partial charge < -0.3 is 19.5 Å². The molecule has 0 bridgehead atoms. The zero-order valence-electron chi connectivity index (χ0n) is 16.1. The molecule has 0 fully saturated rings. The molecule has 3 rings (SSSR count). The van der Waals surface area contributed by atoms with Crippen LogP contribution >= 0.6 is 0 Å². The Balaban J connectivity index is 1.47. The molecule has 1 aliphatic rings. The molecule has 2 aromatic carbocycles. The van der Waals surface area contributed by atoms with Crippen molar-refractivity contribution in [1.29, 1.82) is 0 Å². The Morgan fingerprint density at radius 2 is 1.77 bits per heavy atom. The van der Waals surface area contributed by atoms with Gasteiger partial charge in [0.25, 0.3) is 0 Å². The second-order valence-corrected chi connectivity index (χ2v) is 8.15. The van der Waals surface area contributed by atoms with Crippen molar-refractivity contribution in [3.63, 3.8) is 0 Å². The molecule has 0 spiro atoms. The van der Waals surface area contributed by atoms with Gasteiger partial charge in [0.1, 0.15) is 19.0 Å². The lowest BCUT2D eigenvalue weighted by Crippen LogP contribution is -2.30. The summed E-state index contributed by atoms with van der Waals surface area (Å²) in [4.78, 5) is 11.8. The zero-order valence-corrected chi connectivity index (χ0v) is 16.9. The van der Waals surface area contributed by atoms with E-state index in [1.807, 2.05) is 0 Å². The summed E-state index contributed by atoms with van der Waals surface area (Å²) in [5.74, 6) is 0.222. The number of nitrogens with one attached hydrogen (secondary N) is 2. The number of hydrogen-bond acceptors (Lipinski definition) is 6. The molecule has 0 unspecified atom stereocenters. The number of alkyl halides is 3. The van der Waals surface area contributed by atoms with Gasteiger partial charge in [-0.15, -0.1) is 13.2 Å². The highest BCUT2D eigenvalue weighted by molar-refractivity contribution is 7.89. The number of sulfonamides is 1. The second kappa shape index (κ2) is 9.43. The number of rotatable bonds is 8. The van der Waals surface area contributed by atoms with Crippen LogP contribution in [0.2, 0.25) is 0 Å². The Kier molecular flexibility index (Phi) is 6.91. The number of halogens is 3. The Morgan fingerprint density at radius 1 is 1.06 bits per heavy atom. The average Bonchev–Trinajstić information content (AvgIpc) is 2.71. The summed E-state index contributed by atoms with van der Waals surface area (Å²) < 4.78 is 77.9. The number of carbonyl (C=O) groups is 1. The SMILES string of the molecule is O=C(CCNS(=O)(=O)c1ccc(OC(F)(F)F)cc1)NCc1cccc2c1OCCO2. The minimum Gasteiger partial charge on any atom is -0.486 e. The lowest BCUT2D eigenvalue weighted by Gasteiger charge is -2.21. The molecular weight excluding hydrogens is 441 g/mol. The van der Waals surface area contributed by atoms with Crippen molar-refractivity contribution in [2.75, 3.05) is 19.8 Å². The van der Waals surface area contributed by atoms with Crippen LogP contribution in [0.5, 0.6) is 17.2 Å². The molecule has 1 aliphatic heterocycles. The van der Waals surface area contributed by atoms with E-state index in [0.29, 0.717) is 24.7 Å². The van der Waals surface area contributed by atoms with Gasteiger partial charge in [0.2, 0.25) is 15.9 Å². The van der Waals surface area contributed by atoms with Crippen molar-refractivity contribution in [1.82, 2.24) is 10.0 Å². The highest BCUT2D eigenvalue weighted by Gasteiger charge is 2.31. The molecular formula is C19H19F3N2O6S. The van der Waals surface area contributed by atoms with Gasteiger partial charge in [-0.25, -0.2) is 13.1 Å². The standard InChI is InChI=1S/C19H19F3N2O6S/c20-19(21,22)30-14-4-6-15(7-5-14)31(26,27)24-9-8-17(25)23-12-13-2-1-3-16-18(13)29-11-10-28-16/h1-7,24H,8-12H2,(H,23,25). The third-order valence-corrected chi connectivity index (χ3v) is 5.61. The van der Waals surface area contributed by atoms with Crippen LogP contribution in [-0.4, -0.2) is 40.4 Å². The quantitative estimate of drug-likeness (QED) is 0.627. The average molecular weight is 460 g/mol. The van der Waals surface area contributed by atoms with Gasteiger partial charge >= 0.3 is 6.36 Å². The summed E-state index contributed by atoms with van der Waals surface area (Å²) in [5, 5.41) is 2.67. The number of hydrogen-bond donors (Lipinski definition) is 2. The first-order chi connectivity index (χ1) is 14.6. The summed E-state index contributed by atoms with van der Waals surface area (Å²) in [5.41, 5.74) is 0.729. The van der Waals surface area contributed by atoms with Gasteiger partial charge in [-0.3, -0.25) is 4.79 Å². The minimum atomic E-state index is -4.87. The summed E-state index contributed by atoms with van der Waals surface area (Å²) in [7, 11) is -4.00. The van der Waals surface area contributed by atoms with Crippen molar-refractivity contribution >= 4 is 15.9 Å². The van der Waals surface area contributed by atoms with Gasteiger partial charge in [0.15, 0.2) is 11.5 Å². The number of fused-ring (bicyclic) bond motifs is 1. The van der Waals surface area contributed by atoms with Crippen LogP contribution < -0.4 is 24.2 Å². The molecule has 0 saturated heterocycles. The first-order valence-electron chi connectivity index (χ1n) is 9.14. The third kappa shape index (κ3) is 6.49. The maximum atomic E-state index is 12.2. The van der Waals surface area contributed by atoms with Crippen LogP contribution in [0.1, 0.15) is 12.0 Å². The molecule has 2 N–H and O–H groups in total. The second-order valence-electron chi connectivity index (χ2n) is 6.39. The first kappa shape index (κ1) is 22.7. The molecule has 1 amide bonds. The normalized spacial score (nSPS) is 13.5. The Hall–Kier alpha value is -2.99. The Labute approximate surface area is 176 Å². The maximum absolute atomic E-state index is 12.2. The number of ether oxygens (including phenoxy) is 3. The van der Waals surface area contributed by atoms with Crippen LogP contribution in [0.4, 0.5) is 13.2 Å². The molecule has 168 valence electrons. The molecule has 8 nitrogen and oxygen atoms in total. The highest BCUT2D eigenvalue weighted by Crippen LogP contribution is 2.33. The van der Waals surface area contributed by atoms with Gasteiger partial charge in [-0.1, -0.05) is 12.1 Å². The molecule has 0 radical (unpaired) electrons. The molecule has 2 aromatic rings. The summed E-state index contributed by atoms with van der Waals surface area (Å²) in [6, 6.07) is 9.05. The molecule has 0 atom stereocenters. The topological polar surface area (TPSA) is 103 Å². The number of para-hydroxylation sites is 1. The van der Waals surface area contributed by atoms with Gasteiger partial charge in [-0.2, -0.15) is 0 Å². The van der Waals surface area contributed by atoms with Crippen molar-refractivity contribution in [3.05, 3.63) is 48.0 Å². The Bertz CT molecular complexity index is 1030. The van der Waals surface area contributed by atoms with Crippen LogP contribution in [-0.2, 0) is 21.4 Å². The maximum Gasteiger partial charge on any atom is 0.573 e. The van der Waals surface area contributed by atoms with Crippen molar-refractivity contribution in [2.45, 2.75) is 24.2 Å². The molecule has 31 heavy (non-hydrogen) atoms. The molecule has 1 heterocycles. The van der Waals surface area contributed by atoms with Crippen LogP contribution in [0.3, 0.4) is 0 Å². The van der Waals surface area contributed by atoms with E-state index in [-0.39, 0.29) is 24.4 Å². The monoisotopic (exact) mass is 460 g/mol. The lowest BCUT2D eigenvalue weighted by atomic mass is 10.1. The minimum absolute atomic E-state index is 0.138. The predicted octanol–water partition coefficient (Wildman–Crippen LogP) is 2.34. The molecule has 0 aromatic heterocycles. The first-order valence-corrected chi connectivity index (χ1v) is 10.6. The molecule has 0 aliphatic carbocycles. The van der Waals surface area contributed by atoms with Crippen molar-refractivity contribution in [3.8, 4) is 17.2 Å². The van der Waals surface area contributed by atoms with Gasteiger partial charge in [0.05, 0.1) is 4.90 Å². The molecule has 0 saturated carbocycles. The van der Waals surface area contributed by atoms with E-state index >= 15 is 0 Å².